The van der Waals surface area contributed by atoms with Crippen LogP contribution in [0.3, 0.4) is 0 Å². The van der Waals surface area contributed by atoms with E-state index in [4.69, 9.17) is 16.2 Å². The number of nitrogens with two attached hydrogens (primary N) is 2. The van der Waals surface area contributed by atoms with Gasteiger partial charge >= 0.3 is 0 Å². The van der Waals surface area contributed by atoms with Crippen LogP contribution in [0.5, 0.6) is 5.75 Å². The number of carbonyl (C=O) groups excluding carboxylic acids is 2. The van der Waals surface area contributed by atoms with Gasteiger partial charge in [0.15, 0.2) is 6.10 Å². The van der Waals surface area contributed by atoms with Gasteiger partial charge in [0.25, 0.3) is 11.8 Å². The van der Waals surface area contributed by atoms with Crippen molar-refractivity contribution in [1.82, 2.24) is 5.32 Å². The molecular weight excluding hydrogens is 270 g/mol. The van der Waals surface area contributed by atoms with E-state index in [0.29, 0.717) is 18.2 Å². The molecule has 21 heavy (non-hydrogen) atoms. The highest BCUT2D eigenvalue weighted by atomic mass is 16.5. The summed E-state index contributed by atoms with van der Waals surface area (Å²) in [5.74, 6) is -0.115. The lowest BCUT2D eigenvalue weighted by molar-refractivity contribution is -0.127. The predicted molar refractivity (Wildman–Crippen MR) is 81.9 cm³/mol. The highest BCUT2D eigenvalue weighted by molar-refractivity contribution is 5.96. The molecule has 1 aromatic carbocycles. The van der Waals surface area contributed by atoms with Gasteiger partial charge in [-0.3, -0.25) is 9.59 Å². The summed E-state index contributed by atoms with van der Waals surface area (Å²) >= 11 is 0. The normalized spacial score (nSPS) is 12.0. The predicted octanol–water partition coefficient (Wildman–Crippen LogP) is 1.30. The third-order valence-corrected chi connectivity index (χ3v) is 2.96. The van der Waals surface area contributed by atoms with Gasteiger partial charge in [0, 0.05) is 12.2 Å². The standard InChI is InChI=1S/C15H23N3O3/c1-9(2)6-7-18-15(20)10(3)21-13-5-4-11(16)8-12(13)14(17)19/h4-5,8-10H,6-7,16H2,1-3H3,(H2,17,19)(H,18,20). The van der Waals surface area contributed by atoms with Crippen LogP contribution in [0.15, 0.2) is 18.2 Å². The molecular formula is C15H23N3O3. The second-order valence-electron chi connectivity index (χ2n) is 5.35. The van der Waals surface area contributed by atoms with Crippen molar-refractivity contribution >= 4 is 17.5 Å². The molecule has 0 aliphatic carbocycles. The second kappa shape index (κ2) is 7.52. The maximum Gasteiger partial charge on any atom is 0.260 e. The van der Waals surface area contributed by atoms with E-state index in [0.717, 1.165) is 6.42 Å². The Morgan fingerprint density at radius 1 is 1.29 bits per heavy atom. The Kier molecular flexibility index (Phi) is 6.02. The Labute approximate surface area is 124 Å². The van der Waals surface area contributed by atoms with Crippen molar-refractivity contribution in [2.24, 2.45) is 11.7 Å². The number of benzene rings is 1. The molecule has 0 spiro atoms. The van der Waals surface area contributed by atoms with Gasteiger partial charge < -0.3 is 21.5 Å². The number of anilines is 1. The fraction of sp³-hybridized carbons (Fsp3) is 0.467. The van der Waals surface area contributed by atoms with Crippen molar-refractivity contribution in [1.29, 1.82) is 0 Å². The SMILES string of the molecule is CC(C)CCNC(=O)C(C)Oc1ccc(N)cc1C(N)=O. The van der Waals surface area contributed by atoms with E-state index in [1.54, 1.807) is 13.0 Å². The van der Waals surface area contributed by atoms with Gasteiger partial charge in [-0.25, -0.2) is 0 Å². The molecule has 0 aliphatic rings. The average Bonchev–Trinajstić information content (AvgIpc) is 2.39. The molecule has 6 heteroatoms. The molecule has 0 saturated heterocycles. The lowest BCUT2D eigenvalue weighted by Crippen LogP contribution is -2.37. The molecule has 0 fully saturated rings. The van der Waals surface area contributed by atoms with E-state index >= 15 is 0 Å². The number of primary amides is 1. The monoisotopic (exact) mass is 293 g/mol. The fourth-order valence-corrected chi connectivity index (χ4v) is 1.71. The first kappa shape index (κ1) is 16.8. The maximum absolute atomic E-state index is 11.9. The highest BCUT2D eigenvalue weighted by Crippen LogP contribution is 2.22. The number of hydrogen-bond donors (Lipinski definition) is 3. The summed E-state index contributed by atoms with van der Waals surface area (Å²) in [4.78, 5) is 23.3. The van der Waals surface area contributed by atoms with Crippen LogP contribution in [0.4, 0.5) is 5.69 Å². The van der Waals surface area contributed by atoms with E-state index in [9.17, 15) is 9.59 Å². The van der Waals surface area contributed by atoms with E-state index in [1.165, 1.54) is 12.1 Å². The number of nitrogen functional groups attached to an aromatic ring is 1. The van der Waals surface area contributed by atoms with Crippen molar-refractivity contribution in [2.45, 2.75) is 33.3 Å². The molecule has 6 nitrogen and oxygen atoms in total. The first-order chi connectivity index (χ1) is 9.81. The summed E-state index contributed by atoms with van der Waals surface area (Å²) in [7, 11) is 0. The molecule has 2 amide bonds. The lowest BCUT2D eigenvalue weighted by Gasteiger charge is -2.17. The molecule has 1 atom stereocenters. The summed E-state index contributed by atoms with van der Waals surface area (Å²) in [5.41, 5.74) is 11.5. The minimum Gasteiger partial charge on any atom is -0.480 e. The van der Waals surface area contributed by atoms with Gasteiger partial charge in [-0.15, -0.1) is 0 Å². The zero-order valence-electron chi connectivity index (χ0n) is 12.7. The Bertz CT molecular complexity index is 515. The van der Waals surface area contributed by atoms with Gasteiger partial charge in [-0.1, -0.05) is 13.8 Å². The van der Waals surface area contributed by atoms with Crippen LogP contribution in [-0.4, -0.2) is 24.5 Å². The minimum atomic E-state index is -0.723. The van der Waals surface area contributed by atoms with Crippen LogP contribution in [-0.2, 0) is 4.79 Å². The third-order valence-electron chi connectivity index (χ3n) is 2.96. The maximum atomic E-state index is 11.9. The number of amides is 2. The van der Waals surface area contributed by atoms with E-state index in [1.807, 2.05) is 0 Å². The molecule has 116 valence electrons. The topological polar surface area (TPSA) is 107 Å². The largest absolute Gasteiger partial charge is 0.480 e. The first-order valence-corrected chi connectivity index (χ1v) is 6.95. The van der Waals surface area contributed by atoms with Crippen LogP contribution in [0.2, 0.25) is 0 Å². The first-order valence-electron chi connectivity index (χ1n) is 6.95. The van der Waals surface area contributed by atoms with Crippen LogP contribution < -0.4 is 21.5 Å². The fourth-order valence-electron chi connectivity index (χ4n) is 1.71. The Balaban J connectivity index is 2.68. The smallest absolute Gasteiger partial charge is 0.260 e. The number of ether oxygens (including phenoxy) is 1. The molecule has 1 rings (SSSR count). The Morgan fingerprint density at radius 2 is 1.95 bits per heavy atom. The Morgan fingerprint density at radius 3 is 2.52 bits per heavy atom. The minimum absolute atomic E-state index is 0.164. The van der Waals surface area contributed by atoms with E-state index in [-0.39, 0.29) is 17.2 Å². The molecule has 0 radical (unpaired) electrons. The number of hydrogen-bond acceptors (Lipinski definition) is 4. The van der Waals surface area contributed by atoms with E-state index < -0.39 is 12.0 Å². The van der Waals surface area contributed by atoms with E-state index in [2.05, 4.69) is 19.2 Å². The molecule has 0 saturated carbocycles. The zero-order chi connectivity index (χ0) is 16.0. The molecule has 0 heterocycles. The van der Waals surface area contributed by atoms with Crippen molar-refractivity contribution in [2.75, 3.05) is 12.3 Å². The average molecular weight is 293 g/mol. The third kappa shape index (κ3) is 5.33. The van der Waals surface area contributed by atoms with Crippen LogP contribution in [0.25, 0.3) is 0 Å². The van der Waals surface area contributed by atoms with Crippen LogP contribution in [0.1, 0.15) is 37.6 Å². The van der Waals surface area contributed by atoms with Crippen molar-refractivity contribution in [3.8, 4) is 5.75 Å². The van der Waals surface area contributed by atoms with Crippen molar-refractivity contribution < 1.29 is 14.3 Å². The number of carbonyl (C=O) groups is 2. The van der Waals surface area contributed by atoms with Gasteiger partial charge in [0.1, 0.15) is 5.75 Å². The second-order valence-corrected chi connectivity index (χ2v) is 5.35. The molecule has 0 aliphatic heterocycles. The quantitative estimate of drug-likeness (QED) is 0.658. The summed E-state index contributed by atoms with van der Waals surface area (Å²) < 4.78 is 5.51. The Hall–Kier alpha value is -2.24. The highest BCUT2D eigenvalue weighted by Gasteiger charge is 2.18. The molecule has 0 bridgehead atoms. The summed E-state index contributed by atoms with van der Waals surface area (Å²) in [5, 5.41) is 2.79. The van der Waals surface area contributed by atoms with Crippen molar-refractivity contribution in [3.63, 3.8) is 0 Å². The summed E-state index contributed by atoms with van der Waals surface area (Å²) in [6, 6.07) is 4.56. The van der Waals surface area contributed by atoms with Crippen molar-refractivity contribution in [3.05, 3.63) is 23.8 Å². The molecule has 0 aromatic heterocycles. The van der Waals surface area contributed by atoms with Gasteiger partial charge in [-0.2, -0.15) is 0 Å². The zero-order valence-corrected chi connectivity index (χ0v) is 12.7. The summed E-state index contributed by atoms with van der Waals surface area (Å²) in [6.45, 7) is 6.37. The molecule has 1 unspecified atom stereocenters. The number of rotatable bonds is 7. The van der Waals surface area contributed by atoms with Gasteiger partial charge in [0.05, 0.1) is 5.56 Å². The van der Waals surface area contributed by atoms with Gasteiger partial charge in [0.2, 0.25) is 0 Å². The molecule has 5 N–H and O–H groups in total. The van der Waals surface area contributed by atoms with Crippen LogP contribution in [0, 0.1) is 5.92 Å². The summed E-state index contributed by atoms with van der Waals surface area (Å²) in [6.07, 6.45) is 0.172. The number of nitrogens with one attached hydrogen (secondary N) is 1. The molecule has 1 aromatic rings. The van der Waals surface area contributed by atoms with Crippen LogP contribution >= 0.6 is 0 Å². The van der Waals surface area contributed by atoms with Gasteiger partial charge in [-0.05, 0) is 37.5 Å². The lowest BCUT2D eigenvalue weighted by atomic mass is 10.1.